The Morgan fingerprint density at radius 1 is 1.58 bits per heavy atom. The topological polar surface area (TPSA) is 17.0 Å². The van der Waals surface area contributed by atoms with Crippen LogP contribution in [0.3, 0.4) is 0 Å². The van der Waals surface area contributed by atoms with Gasteiger partial charge in [0, 0.05) is 25.5 Å². The van der Waals surface area contributed by atoms with Crippen molar-refractivity contribution in [1.29, 1.82) is 0 Å². The first-order chi connectivity index (χ1) is 5.72. The third-order valence-electron chi connectivity index (χ3n) is 2.25. The predicted molar refractivity (Wildman–Crippen MR) is 52.3 cm³/mol. The first-order valence-electron chi connectivity index (χ1n) is 4.50. The van der Waals surface area contributed by atoms with Gasteiger partial charge in [0.05, 0.1) is 0 Å². The molecule has 0 aliphatic heterocycles. The number of aromatic nitrogens is 1. The molecule has 0 aliphatic rings. The van der Waals surface area contributed by atoms with Crippen molar-refractivity contribution in [2.24, 2.45) is 7.05 Å². The van der Waals surface area contributed by atoms with Gasteiger partial charge in [-0.2, -0.15) is 0 Å². The summed E-state index contributed by atoms with van der Waals surface area (Å²) in [7, 11) is 4.07. The van der Waals surface area contributed by atoms with Gasteiger partial charge < -0.3 is 9.88 Å². The predicted octanol–water partition coefficient (Wildman–Crippen LogP) is 1.57. The van der Waals surface area contributed by atoms with Gasteiger partial charge in [-0.1, -0.05) is 0 Å². The van der Waals surface area contributed by atoms with E-state index in [2.05, 4.69) is 42.3 Å². The van der Waals surface area contributed by atoms with Crippen LogP contribution in [0.25, 0.3) is 0 Å². The van der Waals surface area contributed by atoms with Crippen LogP contribution in [0.5, 0.6) is 0 Å². The van der Waals surface area contributed by atoms with E-state index in [9.17, 15) is 0 Å². The fraction of sp³-hybridized carbons (Fsp3) is 0.600. The summed E-state index contributed by atoms with van der Waals surface area (Å²) in [6.45, 7) is 2.21. The van der Waals surface area contributed by atoms with Crippen molar-refractivity contribution in [3.63, 3.8) is 0 Å². The van der Waals surface area contributed by atoms with Crippen LogP contribution >= 0.6 is 0 Å². The number of nitrogens with one attached hydrogen (secondary N) is 1. The molecule has 0 amide bonds. The van der Waals surface area contributed by atoms with Gasteiger partial charge in [-0.15, -0.1) is 0 Å². The molecular weight excluding hydrogens is 148 g/mol. The molecule has 0 aliphatic carbocycles. The number of rotatable bonds is 4. The molecule has 1 unspecified atom stereocenters. The van der Waals surface area contributed by atoms with Gasteiger partial charge in [0.15, 0.2) is 0 Å². The Labute approximate surface area is 74.6 Å². The summed E-state index contributed by atoms with van der Waals surface area (Å²) >= 11 is 0. The van der Waals surface area contributed by atoms with E-state index in [0.29, 0.717) is 6.04 Å². The van der Waals surface area contributed by atoms with Crippen LogP contribution in [0.2, 0.25) is 0 Å². The lowest BCUT2D eigenvalue weighted by molar-refractivity contribution is 0.565. The molecule has 2 nitrogen and oxygen atoms in total. The lowest BCUT2D eigenvalue weighted by Gasteiger charge is -2.07. The molecule has 0 aromatic carbocycles. The zero-order chi connectivity index (χ0) is 8.97. The molecule has 0 spiro atoms. The minimum Gasteiger partial charge on any atom is -0.357 e. The molecule has 1 heterocycles. The van der Waals surface area contributed by atoms with E-state index >= 15 is 0 Å². The second-order valence-electron chi connectivity index (χ2n) is 3.41. The van der Waals surface area contributed by atoms with E-state index in [0.717, 1.165) is 0 Å². The summed E-state index contributed by atoms with van der Waals surface area (Å²) in [6.07, 6.45) is 6.66. The van der Waals surface area contributed by atoms with E-state index in [1.54, 1.807) is 0 Å². The second-order valence-corrected chi connectivity index (χ2v) is 3.41. The highest BCUT2D eigenvalue weighted by Crippen LogP contribution is 2.04. The quantitative estimate of drug-likeness (QED) is 0.718. The molecule has 0 fully saturated rings. The summed E-state index contributed by atoms with van der Waals surface area (Å²) < 4.78 is 2.10. The number of hydrogen-bond acceptors (Lipinski definition) is 1. The van der Waals surface area contributed by atoms with Crippen molar-refractivity contribution in [2.45, 2.75) is 25.8 Å². The Hall–Kier alpha value is -0.760. The van der Waals surface area contributed by atoms with E-state index < -0.39 is 0 Å². The number of aryl methyl sites for hydroxylation is 2. The van der Waals surface area contributed by atoms with E-state index in [1.807, 2.05) is 7.05 Å². The lowest BCUT2D eigenvalue weighted by Crippen LogP contribution is -2.21. The third kappa shape index (κ3) is 2.70. The molecule has 12 heavy (non-hydrogen) atoms. The lowest BCUT2D eigenvalue weighted by atomic mass is 10.1. The summed E-state index contributed by atoms with van der Waals surface area (Å²) in [5, 5.41) is 3.24. The highest BCUT2D eigenvalue weighted by Gasteiger charge is 1.99. The maximum Gasteiger partial charge on any atom is 0.0106 e. The molecule has 0 bridgehead atoms. The molecular formula is C10H18N2. The van der Waals surface area contributed by atoms with Gasteiger partial charge in [0.25, 0.3) is 0 Å². The van der Waals surface area contributed by atoms with Crippen molar-refractivity contribution in [1.82, 2.24) is 9.88 Å². The van der Waals surface area contributed by atoms with Crippen molar-refractivity contribution < 1.29 is 0 Å². The van der Waals surface area contributed by atoms with Crippen LogP contribution in [-0.2, 0) is 13.5 Å². The standard InChI is InChI=1S/C10H18N2/c1-9(11-2)4-5-10-6-7-12(3)8-10/h6-9,11H,4-5H2,1-3H3. The number of hydrogen-bond donors (Lipinski definition) is 1. The monoisotopic (exact) mass is 166 g/mol. The molecule has 0 radical (unpaired) electrons. The maximum atomic E-state index is 3.24. The molecule has 1 aromatic heterocycles. The van der Waals surface area contributed by atoms with E-state index in [1.165, 1.54) is 18.4 Å². The highest BCUT2D eigenvalue weighted by molar-refractivity contribution is 5.09. The molecule has 1 aromatic rings. The van der Waals surface area contributed by atoms with Crippen molar-refractivity contribution >= 4 is 0 Å². The Morgan fingerprint density at radius 3 is 2.83 bits per heavy atom. The van der Waals surface area contributed by atoms with Gasteiger partial charge in [-0.05, 0) is 38.4 Å². The van der Waals surface area contributed by atoms with E-state index in [-0.39, 0.29) is 0 Å². The molecule has 0 saturated carbocycles. The Bertz CT molecular complexity index is 227. The second kappa shape index (κ2) is 4.31. The van der Waals surface area contributed by atoms with Gasteiger partial charge in [-0.25, -0.2) is 0 Å². The Morgan fingerprint density at radius 2 is 2.33 bits per heavy atom. The molecule has 1 atom stereocenters. The summed E-state index contributed by atoms with van der Waals surface area (Å²) in [5.74, 6) is 0. The first kappa shape index (κ1) is 9.33. The van der Waals surface area contributed by atoms with Crippen LogP contribution in [0.4, 0.5) is 0 Å². The summed E-state index contributed by atoms with van der Waals surface area (Å²) in [6, 6.07) is 2.80. The van der Waals surface area contributed by atoms with Crippen LogP contribution in [0.15, 0.2) is 18.5 Å². The molecule has 0 saturated heterocycles. The van der Waals surface area contributed by atoms with Crippen molar-refractivity contribution in [2.75, 3.05) is 7.05 Å². The van der Waals surface area contributed by atoms with Crippen molar-refractivity contribution in [3.05, 3.63) is 24.0 Å². The number of nitrogens with zero attached hydrogens (tertiary/aromatic N) is 1. The minimum absolute atomic E-state index is 0.616. The van der Waals surface area contributed by atoms with Crippen LogP contribution in [-0.4, -0.2) is 17.7 Å². The van der Waals surface area contributed by atoms with E-state index in [4.69, 9.17) is 0 Å². The first-order valence-corrected chi connectivity index (χ1v) is 4.50. The Balaban J connectivity index is 2.33. The van der Waals surface area contributed by atoms with Crippen LogP contribution in [0.1, 0.15) is 18.9 Å². The molecule has 1 rings (SSSR count). The summed E-state index contributed by atoms with van der Waals surface area (Å²) in [5.41, 5.74) is 1.43. The molecule has 2 heteroatoms. The average Bonchev–Trinajstić information content (AvgIpc) is 2.47. The largest absolute Gasteiger partial charge is 0.357 e. The third-order valence-corrected chi connectivity index (χ3v) is 2.25. The van der Waals surface area contributed by atoms with Gasteiger partial charge >= 0.3 is 0 Å². The van der Waals surface area contributed by atoms with Gasteiger partial charge in [0.1, 0.15) is 0 Å². The zero-order valence-corrected chi connectivity index (χ0v) is 8.17. The minimum atomic E-state index is 0.616. The normalized spacial score (nSPS) is 13.2. The Kier molecular flexibility index (Phi) is 3.35. The van der Waals surface area contributed by atoms with Crippen LogP contribution in [0, 0.1) is 0 Å². The zero-order valence-electron chi connectivity index (χ0n) is 8.17. The SMILES string of the molecule is CNC(C)CCc1ccn(C)c1. The van der Waals surface area contributed by atoms with Gasteiger partial charge in [-0.3, -0.25) is 0 Å². The van der Waals surface area contributed by atoms with Crippen LogP contribution < -0.4 is 5.32 Å². The molecule has 1 N–H and O–H groups in total. The van der Waals surface area contributed by atoms with Crippen molar-refractivity contribution in [3.8, 4) is 0 Å². The fourth-order valence-electron chi connectivity index (χ4n) is 1.24. The smallest absolute Gasteiger partial charge is 0.0106 e. The maximum absolute atomic E-state index is 3.24. The average molecular weight is 166 g/mol. The highest BCUT2D eigenvalue weighted by atomic mass is 14.9. The van der Waals surface area contributed by atoms with Gasteiger partial charge in [0.2, 0.25) is 0 Å². The fourth-order valence-corrected chi connectivity index (χ4v) is 1.24. The molecule has 68 valence electrons. The summed E-state index contributed by atoms with van der Waals surface area (Å²) in [4.78, 5) is 0.